The lowest BCUT2D eigenvalue weighted by Gasteiger charge is -2.51. The molecule has 204 valence electrons. The average Bonchev–Trinajstić information content (AvgIpc) is 3.13. The van der Waals surface area contributed by atoms with E-state index in [9.17, 15) is 24.3 Å². The quantitative estimate of drug-likeness (QED) is 0.290. The number of hydrogen-bond acceptors (Lipinski definition) is 9. The minimum atomic E-state index is -1.27. The highest BCUT2D eigenvalue weighted by Crippen LogP contribution is 2.59. The molecule has 6 atom stereocenters. The van der Waals surface area contributed by atoms with Crippen molar-refractivity contribution in [3.05, 3.63) is 59.6 Å². The number of cyclic esters (lactones) is 1. The second-order valence-electron chi connectivity index (χ2n) is 10.6. The van der Waals surface area contributed by atoms with Crippen LogP contribution in [0.4, 0.5) is 0 Å². The van der Waals surface area contributed by atoms with Crippen LogP contribution in [0.5, 0.6) is 0 Å². The Bertz CT molecular complexity index is 1180. The summed E-state index contributed by atoms with van der Waals surface area (Å²) >= 11 is 0. The summed E-state index contributed by atoms with van der Waals surface area (Å²) in [6, 6.07) is 0. The maximum absolute atomic E-state index is 13.9. The minimum absolute atomic E-state index is 0.0134. The molecule has 9 nitrogen and oxygen atoms in total. The van der Waals surface area contributed by atoms with Crippen molar-refractivity contribution in [2.75, 3.05) is 26.8 Å². The van der Waals surface area contributed by atoms with E-state index in [1.807, 2.05) is 6.92 Å². The van der Waals surface area contributed by atoms with Crippen LogP contribution in [0, 0.1) is 23.2 Å². The van der Waals surface area contributed by atoms with Gasteiger partial charge in [0.05, 0.1) is 17.6 Å². The normalized spacial score (nSPS) is 33.4. The van der Waals surface area contributed by atoms with E-state index in [1.165, 1.54) is 20.2 Å². The van der Waals surface area contributed by atoms with Gasteiger partial charge in [0.1, 0.15) is 18.0 Å². The van der Waals surface area contributed by atoms with E-state index in [0.717, 1.165) is 0 Å². The third kappa shape index (κ3) is 4.22. The number of nitrogens with zero attached hydrogens (tertiary/aromatic N) is 1. The van der Waals surface area contributed by atoms with Crippen LogP contribution in [-0.4, -0.2) is 72.5 Å². The molecule has 0 spiro atoms. The van der Waals surface area contributed by atoms with E-state index >= 15 is 0 Å². The van der Waals surface area contributed by atoms with Crippen LogP contribution in [0.15, 0.2) is 59.6 Å². The Morgan fingerprint density at radius 2 is 1.84 bits per heavy atom. The second kappa shape index (κ2) is 10.4. The first-order valence-electron chi connectivity index (χ1n) is 12.8. The fourth-order valence-corrected chi connectivity index (χ4v) is 6.70. The van der Waals surface area contributed by atoms with Crippen LogP contribution in [0.2, 0.25) is 0 Å². The van der Waals surface area contributed by atoms with E-state index in [0.29, 0.717) is 25.1 Å². The molecule has 0 aromatic carbocycles. The highest BCUT2D eigenvalue weighted by molar-refractivity contribution is 6.13. The number of carbonyl (C=O) groups is 4. The van der Waals surface area contributed by atoms with Gasteiger partial charge in [0.2, 0.25) is 5.78 Å². The lowest BCUT2D eigenvalue weighted by Crippen LogP contribution is -2.55. The molecule has 0 aromatic rings. The summed E-state index contributed by atoms with van der Waals surface area (Å²) in [5.41, 5.74) is -0.405. The SMILES string of the molecule is C=CCN(/C=C1\C(=O)O[C@H](COC)[C@@]2(C)C1=C(O)C(=O)C1=C2[C@H](OC(C)=O)C[C@@H]2C(=O)C(C)C[C@@H]12)CC=C. The number of fused-ring (bicyclic) bond motifs is 4. The summed E-state index contributed by atoms with van der Waals surface area (Å²) in [4.78, 5) is 54.3. The molecule has 38 heavy (non-hydrogen) atoms. The molecule has 4 aliphatic rings. The Labute approximate surface area is 222 Å². The number of allylic oxidation sites excluding steroid dienone is 1. The van der Waals surface area contributed by atoms with Gasteiger partial charge >= 0.3 is 11.9 Å². The van der Waals surface area contributed by atoms with Gasteiger partial charge in [0.15, 0.2) is 5.76 Å². The molecule has 1 unspecified atom stereocenters. The summed E-state index contributed by atoms with van der Waals surface area (Å²) in [5, 5.41) is 11.5. The standard InChI is InChI=1S/C29H35NO8/c1-7-9-30(10-8-2)13-19-23-27(34)26(33)22-17-11-15(3)25(32)18(17)12-20(37-16(4)31)24(22)29(23,5)21(14-36-6)38-28(19)35/h7-8,13,15,17-18,20-21,34H,1-2,9-12,14H2,3-6H3/b19-13-/t15?,17-,18+,20-,21-,29+/m1/s1. The third-order valence-corrected chi connectivity index (χ3v) is 8.22. The number of ketones is 2. The highest BCUT2D eigenvalue weighted by Gasteiger charge is 2.62. The fourth-order valence-electron chi connectivity index (χ4n) is 6.70. The molecule has 1 saturated heterocycles. The van der Waals surface area contributed by atoms with Crippen molar-refractivity contribution in [3.63, 3.8) is 0 Å². The molecular weight excluding hydrogens is 490 g/mol. The number of rotatable bonds is 8. The van der Waals surface area contributed by atoms with Gasteiger partial charge in [0.25, 0.3) is 0 Å². The number of hydrogen-bond donors (Lipinski definition) is 1. The van der Waals surface area contributed by atoms with Gasteiger partial charge in [-0.05, 0) is 31.3 Å². The molecule has 1 saturated carbocycles. The summed E-state index contributed by atoms with van der Waals surface area (Å²) < 4.78 is 17.1. The van der Waals surface area contributed by atoms with Crippen LogP contribution < -0.4 is 0 Å². The van der Waals surface area contributed by atoms with Crippen molar-refractivity contribution in [3.8, 4) is 0 Å². The van der Waals surface area contributed by atoms with Crippen molar-refractivity contribution in [1.29, 1.82) is 0 Å². The molecule has 0 bridgehead atoms. The van der Waals surface area contributed by atoms with Crippen LogP contribution in [0.3, 0.4) is 0 Å². The summed E-state index contributed by atoms with van der Waals surface area (Å²) in [6.45, 7) is 13.1. The molecule has 1 aliphatic heterocycles. The Morgan fingerprint density at radius 1 is 1.18 bits per heavy atom. The van der Waals surface area contributed by atoms with Crippen molar-refractivity contribution in [2.45, 2.75) is 45.8 Å². The average molecular weight is 526 g/mol. The predicted octanol–water partition coefficient (Wildman–Crippen LogP) is 2.99. The van der Waals surface area contributed by atoms with E-state index < -0.39 is 52.9 Å². The van der Waals surface area contributed by atoms with Gasteiger partial charge in [-0.25, -0.2) is 4.79 Å². The monoisotopic (exact) mass is 525 g/mol. The lowest BCUT2D eigenvalue weighted by atomic mass is 9.56. The number of ether oxygens (including phenoxy) is 3. The predicted molar refractivity (Wildman–Crippen MR) is 138 cm³/mol. The van der Waals surface area contributed by atoms with Crippen molar-refractivity contribution in [2.24, 2.45) is 23.2 Å². The van der Waals surface area contributed by atoms with Gasteiger partial charge in [-0.2, -0.15) is 0 Å². The topological polar surface area (TPSA) is 119 Å². The first-order valence-corrected chi connectivity index (χ1v) is 12.8. The van der Waals surface area contributed by atoms with Crippen LogP contribution in [0.1, 0.15) is 33.6 Å². The molecule has 3 aliphatic carbocycles. The Kier molecular flexibility index (Phi) is 7.52. The van der Waals surface area contributed by atoms with Crippen molar-refractivity contribution < 1.29 is 38.5 Å². The first kappa shape index (κ1) is 27.6. The third-order valence-electron chi connectivity index (χ3n) is 8.22. The largest absolute Gasteiger partial charge is 0.504 e. The summed E-state index contributed by atoms with van der Waals surface area (Å²) in [5.74, 6) is -3.71. The molecule has 1 N–H and O–H groups in total. The zero-order valence-corrected chi connectivity index (χ0v) is 22.3. The van der Waals surface area contributed by atoms with Gasteiger partial charge in [0, 0.05) is 56.3 Å². The van der Waals surface area contributed by atoms with E-state index in [-0.39, 0.29) is 41.4 Å². The molecule has 0 amide bonds. The summed E-state index contributed by atoms with van der Waals surface area (Å²) in [7, 11) is 1.46. The number of esters is 2. The zero-order chi connectivity index (χ0) is 27.9. The lowest BCUT2D eigenvalue weighted by molar-refractivity contribution is -0.159. The van der Waals surface area contributed by atoms with Gasteiger partial charge < -0.3 is 24.2 Å². The van der Waals surface area contributed by atoms with E-state index in [1.54, 1.807) is 24.0 Å². The number of methoxy groups -OCH3 is 1. The van der Waals surface area contributed by atoms with Crippen molar-refractivity contribution in [1.82, 2.24) is 4.90 Å². The Morgan fingerprint density at radius 3 is 2.42 bits per heavy atom. The van der Waals surface area contributed by atoms with E-state index in [2.05, 4.69) is 13.2 Å². The number of aliphatic hydroxyl groups excluding tert-OH is 1. The first-order chi connectivity index (χ1) is 18.0. The molecular formula is C29H35NO8. The van der Waals surface area contributed by atoms with Gasteiger partial charge in [-0.1, -0.05) is 19.1 Å². The second-order valence-corrected chi connectivity index (χ2v) is 10.6. The smallest absolute Gasteiger partial charge is 0.340 e. The maximum Gasteiger partial charge on any atom is 0.340 e. The molecule has 1 heterocycles. The molecule has 2 fully saturated rings. The Balaban J connectivity index is 2.00. The van der Waals surface area contributed by atoms with Gasteiger partial charge in [-0.15, -0.1) is 13.2 Å². The van der Waals surface area contributed by atoms with Gasteiger partial charge in [-0.3, -0.25) is 14.4 Å². The fraction of sp³-hybridized carbons (Fsp3) is 0.517. The van der Waals surface area contributed by atoms with Crippen molar-refractivity contribution >= 4 is 23.5 Å². The number of Topliss-reactive ketones (excluding diaryl/α,β-unsaturated/α-hetero) is 2. The Hall–Kier alpha value is -3.46. The maximum atomic E-state index is 13.9. The molecule has 4 rings (SSSR count). The molecule has 0 aromatic heterocycles. The number of carbonyl (C=O) groups excluding carboxylic acids is 4. The highest BCUT2D eigenvalue weighted by atomic mass is 16.6. The van der Waals surface area contributed by atoms with Crippen LogP contribution in [0.25, 0.3) is 0 Å². The zero-order valence-electron chi connectivity index (χ0n) is 22.3. The number of aliphatic hydroxyl groups is 1. The van der Waals surface area contributed by atoms with Crippen LogP contribution >= 0.6 is 0 Å². The summed E-state index contributed by atoms with van der Waals surface area (Å²) in [6.07, 6.45) is 3.66. The molecule has 9 heteroatoms. The van der Waals surface area contributed by atoms with E-state index in [4.69, 9.17) is 14.2 Å². The van der Waals surface area contributed by atoms with Crippen LogP contribution in [-0.2, 0) is 33.4 Å². The molecule has 0 radical (unpaired) electrons. The minimum Gasteiger partial charge on any atom is -0.504 e.